The number of ether oxygens (including phenoxy) is 1. The Hall–Kier alpha value is -1.11. The highest BCUT2D eigenvalue weighted by Crippen LogP contribution is 2.43. The topological polar surface area (TPSA) is 49.9 Å². The molecule has 24 heavy (non-hydrogen) atoms. The molecule has 0 radical (unpaired) electrons. The molecule has 3 aliphatic heterocycles. The largest absolute Gasteiger partial charge is 0.497 e. The van der Waals surface area contributed by atoms with Crippen molar-refractivity contribution in [2.24, 2.45) is 5.92 Å². The van der Waals surface area contributed by atoms with E-state index < -0.39 is 10.0 Å². The van der Waals surface area contributed by atoms with Crippen LogP contribution >= 0.6 is 0 Å². The highest BCUT2D eigenvalue weighted by molar-refractivity contribution is 7.88. The van der Waals surface area contributed by atoms with Crippen LogP contribution in [0.2, 0.25) is 0 Å². The van der Waals surface area contributed by atoms with Gasteiger partial charge in [-0.15, -0.1) is 0 Å². The third-order valence-corrected chi connectivity index (χ3v) is 7.35. The molecule has 6 heteroatoms. The third-order valence-electron chi connectivity index (χ3n) is 6.05. The van der Waals surface area contributed by atoms with Crippen molar-refractivity contribution in [1.29, 1.82) is 0 Å². The number of rotatable bonds is 2. The average Bonchev–Trinajstić information content (AvgIpc) is 2.58. The molecule has 2 saturated heterocycles. The van der Waals surface area contributed by atoms with Gasteiger partial charge in [-0.05, 0) is 54.9 Å². The summed E-state index contributed by atoms with van der Waals surface area (Å²) in [5, 5.41) is 0. The molecule has 0 amide bonds. The first-order valence-corrected chi connectivity index (χ1v) is 10.7. The normalized spacial score (nSPS) is 31.0. The van der Waals surface area contributed by atoms with Crippen molar-refractivity contribution in [2.45, 2.75) is 37.8 Å². The highest BCUT2D eigenvalue weighted by atomic mass is 32.2. The van der Waals surface area contributed by atoms with E-state index in [1.165, 1.54) is 17.4 Å². The van der Waals surface area contributed by atoms with E-state index in [4.69, 9.17) is 4.74 Å². The molecule has 1 aromatic carbocycles. The summed E-state index contributed by atoms with van der Waals surface area (Å²) in [6, 6.07) is 6.85. The molecular formula is C18H26N2O3S. The fourth-order valence-corrected chi connectivity index (χ4v) is 6.14. The number of methoxy groups -OCH3 is 1. The Morgan fingerprint density at radius 1 is 1.25 bits per heavy atom. The van der Waals surface area contributed by atoms with E-state index in [1.807, 2.05) is 6.07 Å². The van der Waals surface area contributed by atoms with Crippen LogP contribution in [-0.4, -0.2) is 56.7 Å². The molecule has 0 aliphatic carbocycles. The Morgan fingerprint density at radius 3 is 2.83 bits per heavy atom. The Balaban J connectivity index is 1.66. The van der Waals surface area contributed by atoms with Gasteiger partial charge in [0.1, 0.15) is 5.75 Å². The molecule has 4 rings (SSSR count). The highest BCUT2D eigenvalue weighted by Gasteiger charge is 2.44. The molecule has 5 nitrogen and oxygen atoms in total. The predicted molar refractivity (Wildman–Crippen MR) is 93.7 cm³/mol. The summed E-state index contributed by atoms with van der Waals surface area (Å²) >= 11 is 0. The van der Waals surface area contributed by atoms with Crippen molar-refractivity contribution in [3.8, 4) is 5.75 Å². The summed E-state index contributed by atoms with van der Waals surface area (Å²) in [7, 11) is -1.42. The minimum absolute atomic E-state index is 0.156. The first-order valence-electron chi connectivity index (χ1n) is 8.85. The van der Waals surface area contributed by atoms with Gasteiger partial charge >= 0.3 is 0 Å². The number of sulfonamides is 1. The smallest absolute Gasteiger partial charge is 0.211 e. The molecule has 1 aromatic rings. The lowest BCUT2D eigenvalue weighted by molar-refractivity contribution is 0.0222. The summed E-state index contributed by atoms with van der Waals surface area (Å²) in [5.41, 5.74) is 2.72. The van der Waals surface area contributed by atoms with Gasteiger partial charge in [-0.3, -0.25) is 4.90 Å². The molecule has 3 atom stereocenters. The Morgan fingerprint density at radius 2 is 2.08 bits per heavy atom. The monoisotopic (exact) mass is 350 g/mol. The summed E-state index contributed by atoms with van der Waals surface area (Å²) in [6.45, 7) is 2.77. The lowest BCUT2D eigenvalue weighted by Gasteiger charge is -2.51. The van der Waals surface area contributed by atoms with E-state index in [2.05, 4.69) is 17.0 Å². The van der Waals surface area contributed by atoms with Crippen LogP contribution in [0.3, 0.4) is 0 Å². The maximum atomic E-state index is 12.2. The molecule has 0 bridgehead atoms. The molecule has 0 saturated carbocycles. The lowest BCUT2D eigenvalue weighted by atomic mass is 9.77. The fraction of sp³-hybridized carbons (Fsp3) is 0.667. The van der Waals surface area contributed by atoms with Crippen molar-refractivity contribution in [3.05, 3.63) is 29.3 Å². The van der Waals surface area contributed by atoms with Crippen molar-refractivity contribution in [1.82, 2.24) is 9.21 Å². The summed E-state index contributed by atoms with van der Waals surface area (Å²) in [4.78, 5) is 2.57. The molecule has 3 heterocycles. The summed E-state index contributed by atoms with van der Waals surface area (Å²) in [6.07, 6.45) is 5.46. The Labute approximate surface area is 144 Å². The van der Waals surface area contributed by atoms with Crippen LogP contribution < -0.4 is 4.74 Å². The van der Waals surface area contributed by atoms with Crippen LogP contribution in [0.15, 0.2) is 18.2 Å². The molecule has 132 valence electrons. The molecule has 0 aromatic heterocycles. The minimum Gasteiger partial charge on any atom is -0.497 e. The Kier molecular flexibility index (Phi) is 4.09. The standard InChI is InChI=1S/C18H26N2O3S/c1-23-15-5-6-16-13(10-15)7-9-19-12-14-4-3-8-20(24(2,21)22)17(14)11-18(16)19/h5-6,10,14,17-18H,3-4,7-9,11-12H2,1-2H3/t14-,17+,18+/m1/s1. The van der Waals surface area contributed by atoms with Crippen LogP contribution in [0.5, 0.6) is 5.75 Å². The third kappa shape index (κ3) is 2.74. The van der Waals surface area contributed by atoms with Crippen LogP contribution in [0, 0.1) is 5.92 Å². The fourth-order valence-electron chi connectivity index (χ4n) is 4.93. The van der Waals surface area contributed by atoms with E-state index >= 15 is 0 Å². The number of hydrogen-bond donors (Lipinski definition) is 0. The predicted octanol–water partition coefficient (Wildman–Crippen LogP) is 2.04. The second-order valence-electron chi connectivity index (χ2n) is 7.40. The van der Waals surface area contributed by atoms with Gasteiger partial charge in [-0.1, -0.05) is 6.07 Å². The quantitative estimate of drug-likeness (QED) is 0.819. The maximum absolute atomic E-state index is 12.2. The van der Waals surface area contributed by atoms with Crippen LogP contribution in [0.25, 0.3) is 0 Å². The van der Waals surface area contributed by atoms with E-state index in [-0.39, 0.29) is 6.04 Å². The van der Waals surface area contributed by atoms with Gasteiger partial charge in [0.05, 0.1) is 13.4 Å². The molecule has 0 unspecified atom stereocenters. The van der Waals surface area contributed by atoms with E-state index in [9.17, 15) is 8.42 Å². The number of nitrogens with zero attached hydrogens (tertiary/aromatic N) is 2. The number of piperidine rings is 2. The van der Waals surface area contributed by atoms with E-state index in [1.54, 1.807) is 11.4 Å². The molecule has 2 fully saturated rings. The second kappa shape index (κ2) is 6.00. The van der Waals surface area contributed by atoms with Crippen molar-refractivity contribution in [2.75, 3.05) is 33.0 Å². The van der Waals surface area contributed by atoms with Gasteiger partial charge in [0.2, 0.25) is 10.0 Å². The molecular weight excluding hydrogens is 324 g/mol. The van der Waals surface area contributed by atoms with Crippen LogP contribution in [0.4, 0.5) is 0 Å². The number of hydrogen-bond acceptors (Lipinski definition) is 4. The zero-order valence-corrected chi connectivity index (χ0v) is 15.3. The second-order valence-corrected chi connectivity index (χ2v) is 9.34. The lowest BCUT2D eigenvalue weighted by Crippen LogP contribution is -2.57. The van der Waals surface area contributed by atoms with Gasteiger partial charge in [-0.2, -0.15) is 4.31 Å². The first kappa shape index (κ1) is 16.4. The molecule has 0 spiro atoms. The minimum atomic E-state index is -3.13. The summed E-state index contributed by atoms with van der Waals surface area (Å²) < 4.78 is 31.6. The summed E-state index contributed by atoms with van der Waals surface area (Å²) in [5.74, 6) is 1.39. The van der Waals surface area contributed by atoms with E-state index in [0.717, 1.165) is 44.5 Å². The van der Waals surface area contributed by atoms with Gasteiger partial charge in [-0.25, -0.2) is 8.42 Å². The molecule has 0 N–H and O–H groups in total. The SMILES string of the molecule is COc1ccc2c(c1)CCN1C[C@H]3CCCN(S(C)(=O)=O)[C@H]3C[C@@H]21. The van der Waals surface area contributed by atoms with Gasteiger partial charge in [0.15, 0.2) is 0 Å². The zero-order valence-electron chi connectivity index (χ0n) is 14.4. The van der Waals surface area contributed by atoms with Gasteiger partial charge < -0.3 is 4.74 Å². The van der Waals surface area contributed by atoms with Gasteiger partial charge in [0.25, 0.3) is 0 Å². The first-order chi connectivity index (χ1) is 11.5. The van der Waals surface area contributed by atoms with Gasteiger partial charge in [0, 0.05) is 31.7 Å². The zero-order chi connectivity index (χ0) is 16.9. The van der Waals surface area contributed by atoms with Crippen molar-refractivity contribution in [3.63, 3.8) is 0 Å². The van der Waals surface area contributed by atoms with Crippen molar-refractivity contribution < 1.29 is 13.2 Å². The maximum Gasteiger partial charge on any atom is 0.211 e. The number of benzene rings is 1. The molecule has 3 aliphatic rings. The van der Waals surface area contributed by atoms with E-state index in [0.29, 0.717) is 18.5 Å². The Bertz CT molecular complexity index is 734. The van der Waals surface area contributed by atoms with Crippen molar-refractivity contribution >= 4 is 10.0 Å². The number of fused-ring (bicyclic) bond motifs is 4. The average molecular weight is 350 g/mol. The van der Waals surface area contributed by atoms with Crippen LogP contribution in [-0.2, 0) is 16.4 Å². The van der Waals surface area contributed by atoms with Crippen LogP contribution in [0.1, 0.15) is 36.4 Å².